The van der Waals surface area contributed by atoms with Gasteiger partial charge in [-0.3, -0.25) is 9.69 Å². The summed E-state index contributed by atoms with van der Waals surface area (Å²) in [5, 5.41) is 3.93. The Balaban J connectivity index is 1.55. The van der Waals surface area contributed by atoms with Gasteiger partial charge in [0.05, 0.1) is 6.54 Å². The lowest BCUT2D eigenvalue weighted by atomic mass is 10.0. The predicted octanol–water partition coefficient (Wildman–Crippen LogP) is 4.23. The minimum absolute atomic E-state index is 0.0746. The maximum absolute atomic E-state index is 12.6. The molecule has 0 spiro atoms. The molecule has 27 heavy (non-hydrogen) atoms. The number of benzene rings is 2. The van der Waals surface area contributed by atoms with Crippen LogP contribution < -0.4 is 10.2 Å². The number of hydrogen-bond acceptors (Lipinski definition) is 3. The Bertz CT molecular complexity index is 745. The van der Waals surface area contributed by atoms with Gasteiger partial charge in [0.25, 0.3) is 0 Å². The molecule has 0 radical (unpaired) electrons. The third-order valence-corrected chi connectivity index (χ3v) is 5.45. The fraction of sp³-hybridized carbons (Fsp3) is 0.409. The summed E-state index contributed by atoms with van der Waals surface area (Å²) in [4.78, 5) is 17.2. The van der Waals surface area contributed by atoms with E-state index in [1.54, 1.807) is 0 Å². The van der Waals surface area contributed by atoms with Crippen molar-refractivity contribution in [3.05, 3.63) is 58.6 Å². The average Bonchev–Trinajstić information content (AvgIpc) is 2.69. The standard InChI is InChI=1S/C22H28ClN3O/c1-3-17-6-5-7-18(4-2)22(17)24-21(27)16-25-12-14-26(15-13-25)20-10-8-19(23)9-11-20/h5-11H,3-4,12-16H2,1-2H3,(H,24,27). The van der Waals surface area contributed by atoms with E-state index in [2.05, 4.69) is 59.3 Å². The van der Waals surface area contributed by atoms with Gasteiger partial charge in [-0.2, -0.15) is 0 Å². The van der Waals surface area contributed by atoms with Crippen LogP contribution in [0, 0.1) is 0 Å². The molecule has 0 unspecified atom stereocenters. The molecule has 1 aliphatic rings. The number of amides is 1. The first kappa shape index (κ1) is 19.7. The summed E-state index contributed by atoms with van der Waals surface area (Å²) in [5.74, 6) is 0.0746. The third kappa shape index (κ3) is 5.02. The van der Waals surface area contributed by atoms with Gasteiger partial charge in [-0.05, 0) is 48.2 Å². The molecular weight excluding hydrogens is 358 g/mol. The van der Waals surface area contributed by atoms with E-state index >= 15 is 0 Å². The second-order valence-corrected chi connectivity index (χ2v) is 7.38. The first-order valence-electron chi connectivity index (χ1n) is 9.74. The maximum atomic E-state index is 12.6. The van der Waals surface area contributed by atoms with Crippen molar-refractivity contribution < 1.29 is 4.79 Å². The molecule has 0 aromatic heterocycles. The Kier molecular flexibility index (Phi) is 6.75. The van der Waals surface area contributed by atoms with E-state index in [1.165, 1.54) is 16.8 Å². The summed E-state index contributed by atoms with van der Waals surface area (Å²) >= 11 is 5.97. The molecule has 3 rings (SSSR count). The van der Waals surface area contributed by atoms with Crippen LogP contribution in [0.3, 0.4) is 0 Å². The van der Waals surface area contributed by atoms with E-state index in [0.717, 1.165) is 49.7 Å². The maximum Gasteiger partial charge on any atom is 0.238 e. The summed E-state index contributed by atoms with van der Waals surface area (Å²) in [6, 6.07) is 14.2. The van der Waals surface area contributed by atoms with Crippen LogP contribution in [-0.2, 0) is 17.6 Å². The fourth-order valence-electron chi connectivity index (χ4n) is 3.60. The zero-order valence-electron chi connectivity index (χ0n) is 16.2. The van der Waals surface area contributed by atoms with E-state index in [-0.39, 0.29) is 5.91 Å². The van der Waals surface area contributed by atoms with Crippen molar-refractivity contribution in [3.8, 4) is 0 Å². The van der Waals surface area contributed by atoms with Crippen LogP contribution in [-0.4, -0.2) is 43.5 Å². The molecule has 2 aromatic rings. The number of rotatable bonds is 6. The quantitative estimate of drug-likeness (QED) is 0.808. The predicted molar refractivity (Wildman–Crippen MR) is 114 cm³/mol. The van der Waals surface area contributed by atoms with Crippen LogP contribution in [0.15, 0.2) is 42.5 Å². The number of piperazine rings is 1. The van der Waals surface area contributed by atoms with Gasteiger partial charge in [-0.25, -0.2) is 0 Å². The van der Waals surface area contributed by atoms with Crippen molar-refractivity contribution >= 4 is 28.9 Å². The molecule has 0 bridgehead atoms. The Morgan fingerprint density at radius 1 is 0.963 bits per heavy atom. The average molecular weight is 386 g/mol. The fourth-order valence-corrected chi connectivity index (χ4v) is 3.73. The van der Waals surface area contributed by atoms with Gasteiger partial charge in [-0.15, -0.1) is 0 Å². The molecule has 144 valence electrons. The minimum atomic E-state index is 0.0746. The number of nitrogens with zero attached hydrogens (tertiary/aromatic N) is 2. The Hall–Kier alpha value is -2.04. The van der Waals surface area contributed by atoms with Crippen LogP contribution in [0.1, 0.15) is 25.0 Å². The zero-order valence-corrected chi connectivity index (χ0v) is 16.9. The third-order valence-electron chi connectivity index (χ3n) is 5.19. The van der Waals surface area contributed by atoms with Crippen molar-refractivity contribution in [2.45, 2.75) is 26.7 Å². The first-order chi connectivity index (χ1) is 13.1. The van der Waals surface area contributed by atoms with Gasteiger partial charge in [0.2, 0.25) is 5.91 Å². The number of hydrogen-bond donors (Lipinski definition) is 1. The number of nitrogens with one attached hydrogen (secondary N) is 1. The van der Waals surface area contributed by atoms with E-state index in [9.17, 15) is 4.79 Å². The Labute approximate surface area is 167 Å². The lowest BCUT2D eigenvalue weighted by Gasteiger charge is -2.35. The lowest BCUT2D eigenvalue weighted by Crippen LogP contribution is -2.48. The Morgan fingerprint density at radius 3 is 2.11 bits per heavy atom. The molecule has 1 amide bonds. The van der Waals surface area contributed by atoms with E-state index in [1.807, 2.05) is 12.1 Å². The number of carbonyl (C=O) groups is 1. The Morgan fingerprint density at radius 2 is 1.56 bits per heavy atom. The second-order valence-electron chi connectivity index (χ2n) is 6.95. The molecule has 0 aliphatic carbocycles. The monoisotopic (exact) mass is 385 g/mol. The molecule has 1 saturated heterocycles. The van der Waals surface area contributed by atoms with Gasteiger partial charge in [0, 0.05) is 42.6 Å². The summed E-state index contributed by atoms with van der Waals surface area (Å²) in [6.07, 6.45) is 1.84. The second kappa shape index (κ2) is 9.25. The molecule has 5 heteroatoms. The summed E-state index contributed by atoms with van der Waals surface area (Å²) < 4.78 is 0. The van der Waals surface area contributed by atoms with Gasteiger partial charge < -0.3 is 10.2 Å². The highest BCUT2D eigenvalue weighted by molar-refractivity contribution is 6.30. The van der Waals surface area contributed by atoms with Crippen LogP contribution in [0.25, 0.3) is 0 Å². The van der Waals surface area contributed by atoms with Crippen LogP contribution in [0.4, 0.5) is 11.4 Å². The van der Waals surface area contributed by atoms with Gasteiger partial charge in [0.1, 0.15) is 0 Å². The van der Waals surface area contributed by atoms with Crippen LogP contribution >= 0.6 is 11.6 Å². The molecule has 4 nitrogen and oxygen atoms in total. The number of carbonyl (C=O) groups excluding carboxylic acids is 1. The highest BCUT2D eigenvalue weighted by atomic mass is 35.5. The number of aryl methyl sites for hydroxylation is 2. The van der Waals surface area contributed by atoms with Gasteiger partial charge >= 0.3 is 0 Å². The molecule has 0 saturated carbocycles. The summed E-state index contributed by atoms with van der Waals surface area (Å²) in [6.45, 7) is 8.29. The molecule has 0 atom stereocenters. The highest BCUT2D eigenvalue weighted by Crippen LogP contribution is 2.23. The molecule has 2 aromatic carbocycles. The van der Waals surface area contributed by atoms with Crippen molar-refractivity contribution in [1.29, 1.82) is 0 Å². The minimum Gasteiger partial charge on any atom is -0.369 e. The normalized spacial score (nSPS) is 15.0. The molecule has 1 N–H and O–H groups in total. The molecule has 1 fully saturated rings. The van der Waals surface area contributed by atoms with E-state index in [0.29, 0.717) is 6.54 Å². The van der Waals surface area contributed by atoms with Gasteiger partial charge in [-0.1, -0.05) is 43.6 Å². The smallest absolute Gasteiger partial charge is 0.238 e. The highest BCUT2D eigenvalue weighted by Gasteiger charge is 2.20. The van der Waals surface area contributed by atoms with Crippen molar-refractivity contribution in [2.75, 3.05) is 42.9 Å². The molecule has 1 heterocycles. The molecular formula is C22H28ClN3O. The summed E-state index contributed by atoms with van der Waals surface area (Å²) in [5.41, 5.74) is 4.60. The van der Waals surface area contributed by atoms with E-state index < -0.39 is 0 Å². The van der Waals surface area contributed by atoms with Crippen molar-refractivity contribution in [1.82, 2.24) is 4.90 Å². The van der Waals surface area contributed by atoms with E-state index in [4.69, 9.17) is 11.6 Å². The number of anilines is 2. The van der Waals surface area contributed by atoms with Crippen LogP contribution in [0.5, 0.6) is 0 Å². The largest absolute Gasteiger partial charge is 0.369 e. The number of para-hydroxylation sites is 1. The lowest BCUT2D eigenvalue weighted by molar-refractivity contribution is -0.117. The van der Waals surface area contributed by atoms with Crippen molar-refractivity contribution in [2.24, 2.45) is 0 Å². The van der Waals surface area contributed by atoms with Crippen molar-refractivity contribution in [3.63, 3.8) is 0 Å². The molecule has 1 aliphatic heterocycles. The SMILES string of the molecule is CCc1cccc(CC)c1NC(=O)CN1CCN(c2ccc(Cl)cc2)CC1. The topological polar surface area (TPSA) is 35.6 Å². The van der Waals surface area contributed by atoms with Gasteiger partial charge in [0.15, 0.2) is 0 Å². The number of halogens is 1. The first-order valence-corrected chi connectivity index (χ1v) is 10.1. The van der Waals surface area contributed by atoms with Crippen LogP contribution in [0.2, 0.25) is 5.02 Å². The summed E-state index contributed by atoms with van der Waals surface area (Å²) in [7, 11) is 0. The zero-order chi connectivity index (χ0) is 19.2.